The third kappa shape index (κ3) is 3.19. The number of carbonyl (C=O) groups is 2. The third-order valence-electron chi connectivity index (χ3n) is 4.25. The van der Waals surface area contributed by atoms with Crippen molar-refractivity contribution < 1.29 is 14.7 Å². The van der Waals surface area contributed by atoms with Gasteiger partial charge in [-0.25, -0.2) is 0 Å². The number of nitrogens with zero attached hydrogens (tertiary/aromatic N) is 1. The number of hydrogen-bond donors (Lipinski definition) is 2. The summed E-state index contributed by atoms with van der Waals surface area (Å²) in [5.41, 5.74) is 0.131. The molecule has 0 bridgehead atoms. The van der Waals surface area contributed by atoms with Crippen molar-refractivity contribution in [3.63, 3.8) is 0 Å². The van der Waals surface area contributed by atoms with Crippen LogP contribution in [0.4, 0.5) is 11.4 Å². The van der Waals surface area contributed by atoms with E-state index in [1.165, 1.54) is 4.90 Å². The SMILES string of the molecule is C=C(C[C@]1(O)C(=O)N(C)c2ccc(I)cc21)C(=O)Nc1ccccc1. The summed E-state index contributed by atoms with van der Waals surface area (Å²) in [5.74, 6) is -0.882. The van der Waals surface area contributed by atoms with Crippen molar-refractivity contribution in [2.75, 3.05) is 17.3 Å². The van der Waals surface area contributed by atoms with E-state index in [2.05, 4.69) is 34.5 Å². The van der Waals surface area contributed by atoms with Crippen LogP contribution in [0, 0.1) is 3.57 Å². The molecule has 1 heterocycles. The highest BCUT2D eigenvalue weighted by molar-refractivity contribution is 14.1. The van der Waals surface area contributed by atoms with E-state index in [1.54, 1.807) is 43.4 Å². The summed E-state index contributed by atoms with van der Waals surface area (Å²) in [6.07, 6.45) is -0.165. The number of fused-ring (bicyclic) bond motifs is 1. The van der Waals surface area contributed by atoms with Gasteiger partial charge in [-0.15, -0.1) is 0 Å². The first-order valence-electron chi connectivity index (χ1n) is 7.67. The highest BCUT2D eigenvalue weighted by atomic mass is 127. The van der Waals surface area contributed by atoms with Crippen molar-refractivity contribution in [3.8, 4) is 0 Å². The number of halogens is 1. The Balaban J connectivity index is 1.84. The Kier molecular flexibility index (Phi) is 4.66. The molecule has 0 aliphatic carbocycles. The largest absolute Gasteiger partial charge is 0.375 e. The average molecular weight is 448 g/mol. The van der Waals surface area contributed by atoms with Crippen LogP contribution in [0.5, 0.6) is 0 Å². The smallest absolute Gasteiger partial charge is 0.263 e. The monoisotopic (exact) mass is 448 g/mol. The van der Waals surface area contributed by atoms with Gasteiger partial charge < -0.3 is 15.3 Å². The molecule has 1 aliphatic rings. The number of carbonyl (C=O) groups excluding carboxylic acids is 2. The highest BCUT2D eigenvalue weighted by Crippen LogP contribution is 2.43. The molecule has 2 N–H and O–H groups in total. The second-order valence-corrected chi connectivity index (χ2v) is 7.23. The molecule has 3 rings (SSSR count). The van der Waals surface area contributed by atoms with Crippen molar-refractivity contribution in [1.82, 2.24) is 0 Å². The summed E-state index contributed by atoms with van der Waals surface area (Å²) in [6, 6.07) is 14.4. The van der Waals surface area contributed by atoms with Gasteiger partial charge in [0, 0.05) is 33.9 Å². The van der Waals surface area contributed by atoms with E-state index in [0.29, 0.717) is 16.9 Å². The van der Waals surface area contributed by atoms with Crippen molar-refractivity contribution >= 4 is 45.8 Å². The number of aliphatic hydroxyl groups is 1. The molecule has 5 nitrogen and oxygen atoms in total. The molecule has 128 valence electrons. The van der Waals surface area contributed by atoms with E-state index < -0.39 is 17.4 Å². The Morgan fingerprint density at radius 2 is 1.96 bits per heavy atom. The van der Waals surface area contributed by atoms with Crippen molar-refractivity contribution in [2.24, 2.45) is 0 Å². The predicted molar refractivity (Wildman–Crippen MR) is 105 cm³/mol. The molecule has 0 unspecified atom stereocenters. The number of likely N-dealkylation sites (N-methyl/N-ethyl adjacent to an activating group) is 1. The number of para-hydroxylation sites is 1. The van der Waals surface area contributed by atoms with Crippen molar-refractivity contribution in [2.45, 2.75) is 12.0 Å². The maximum atomic E-state index is 12.6. The third-order valence-corrected chi connectivity index (χ3v) is 4.92. The lowest BCUT2D eigenvalue weighted by Gasteiger charge is -2.22. The molecular formula is C19H17IN2O3. The van der Waals surface area contributed by atoms with Crippen LogP contribution in [0.15, 0.2) is 60.7 Å². The Hall–Kier alpha value is -2.19. The predicted octanol–water partition coefficient (Wildman–Crippen LogP) is 3.04. The maximum absolute atomic E-state index is 12.6. The average Bonchev–Trinajstić information content (AvgIpc) is 2.77. The first-order valence-corrected chi connectivity index (χ1v) is 8.75. The van der Waals surface area contributed by atoms with E-state index in [9.17, 15) is 14.7 Å². The molecule has 0 saturated heterocycles. The van der Waals surface area contributed by atoms with Gasteiger partial charge in [0.2, 0.25) is 0 Å². The zero-order valence-electron chi connectivity index (χ0n) is 13.6. The minimum Gasteiger partial charge on any atom is -0.375 e. The number of rotatable bonds is 4. The molecule has 0 saturated carbocycles. The minimum atomic E-state index is -1.78. The lowest BCUT2D eigenvalue weighted by Crippen LogP contribution is -2.39. The van der Waals surface area contributed by atoms with Gasteiger partial charge in [-0.05, 0) is 52.9 Å². The molecule has 0 spiro atoms. The van der Waals surface area contributed by atoms with Crippen molar-refractivity contribution in [1.29, 1.82) is 0 Å². The van der Waals surface area contributed by atoms with Gasteiger partial charge in [0.25, 0.3) is 11.8 Å². The zero-order chi connectivity index (χ0) is 18.2. The number of amides is 2. The molecule has 0 radical (unpaired) electrons. The van der Waals surface area contributed by atoms with Gasteiger partial charge in [0.1, 0.15) is 0 Å². The van der Waals surface area contributed by atoms with Gasteiger partial charge in [-0.3, -0.25) is 9.59 Å². The van der Waals surface area contributed by atoms with Crippen LogP contribution >= 0.6 is 22.6 Å². The first-order chi connectivity index (χ1) is 11.8. The normalized spacial score (nSPS) is 18.8. The van der Waals surface area contributed by atoms with Gasteiger partial charge in [0.05, 0.1) is 5.69 Å². The lowest BCUT2D eigenvalue weighted by molar-refractivity contribution is -0.135. The highest BCUT2D eigenvalue weighted by Gasteiger charge is 2.49. The minimum absolute atomic E-state index is 0.139. The first kappa shape index (κ1) is 17.6. The molecule has 0 fully saturated rings. The fourth-order valence-corrected chi connectivity index (χ4v) is 3.43. The Morgan fingerprint density at radius 3 is 2.64 bits per heavy atom. The van der Waals surface area contributed by atoms with E-state index in [1.807, 2.05) is 12.1 Å². The molecule has 25 heavy (non-hydrogen) atoms. The maximum Gasteiger partial charge on any atom is 0.263 e. The van der Waals surface area contributed by atoms with Gasteiger partial charge in [-0.2, -0.15) is 0 Å². The molecule has 0 aromatic heterocycles. The zero-order valence-corrected chi connectivity index (χ0v) is 15.8. The van der Waals surface area contributed by atoms with Crippen molar-refractivity contribution in [3.05, 3.63) is 69.8 Å². The topological polar surface area (TPSA) is 69.6 Å². The molecular weight excluding hydrogens is 431 g/mol. The molecule has 2 aromatic rings. The summed E-state index contributed by atoms with van der Waals surface area (Å²) in [5, 5.41) is 13.8. The fraction of sp³-hybridized carbons (Fsp3) is 0.158. The molecule has 2 amide bonds. The summed E-state index contributed by atoms with van der Waals surface area (Å²) >= 11 is 2.12. The Morgan fingerprint density at radius 1 is 1.28 bits per heavy atom. The molecule has 6 heteroatoms. The fourth-order valence-electron chi connectivity index (χ4n) is 2.93. The van der Waals surface area contributed by atoms with Gasteiger partial charge in [0.15, 0.2) is 5.60 Å². The summed E-state index contributed by atoms with van der Waals surface area (Å²) in [7, 11) is 1.61. The van der Waals surface area contributed by atoms with Crippen LogP contribution in [-0.4, -0.2) is 24.0 Å². The van der Waals surface area contributed by atoms with E-state index in [0.717, 1.165) is 3.57 Å². The molecule has 2 aromatic carbocycles. The van der Waals surface area contributed by atoms with Crippen LogP contribution in [0.2, 0.25) is 0 Å². The quantitative estimate of drug-likeness (QED) is 0.558. The Labute approximate surface area is 159 Å². The summed E-state index contributed by atoms with van der Waals surface area (Å²) in [6.45, 7) is 3.77. The second kappa shape index (κ2) is 6.61. The van der Waals surface area contributed by atoms with E-state index >= 15 is 0 Å². The Bertz CT molecular complexity index is 866. The van der Waals surface area contributed by atoms with Crippen LogP contribution in [0.25, 0.3) is 0 Å². The summed E-state index contributed by atoms with van der Waals surface area (Å²) < 4.78 is 0.900. The van der Waals surface area contributed by atoms with E-state index in [4.69, 9.17) is 0 Å². The molecule has 1 atom stereocenters. The number of nitrogens with one attached hydrogen (secondary N) is 1. The standard InChI is InChI=1S/C19H17IN2O3/c1-12(17(23)21-14-6-4-3-5-7-14)11-19(25)15-10-13(20)8-9-16(15)22(2)18(19)24/h3-10,25H,1,11H2,2H3,(H,21,23)/t19-/m1/s1. The van der Waals surface area contributed by atoms with Crippen LogP contribution < -0.4 is 10.2 Å². The second-order valence-electron chi connectivity index (χ2n) is 5.99. The summed E-state index contributed by atoms with van der Waals surface area (Å²) in [4.78, 5) is 26.4. The lowest BCUT2D eigenvalue weighted by atomic mass is 9.88. The van der Waals surface area contributed by atoms with Crippen LogP contribution in [0.3, 0.4) is 0 Å². The van der Waals surface area contributed by atoms with Gasteiger partial charge >= 0.3 is 0 Å². The number of anilines is 2. The number of hydrogen-bond acceptors (Lipinski definition) is 3. The van der Waals surface area contributed by atoms with E-state index in [-0.39, 0.29) is 12.0 Å². The van der Waals surface area contributed by atoms with Crippen LogP contribution in [0.1, 0.15) is 12.0 Å². The van der Waals surface area contributed by atoms with Gasteiger partial charge in [-0.1, -0.05) is 24.8 Å². The van der Waals surface area contributed by atoms with Crippen LogP contribution in [-0.2, 0) is 15.2 Å². The molecule has 1 aliphatic heterocycles. The number of benzene rings is 2.